The van der Waals surface area contributed by atoms with Gasteiger partial charge in [-0.05, 0) is 42.3 Å². The molecule has 0 saturated carbocycles. The van der Waals surface area contributed by atoms with Crippen LogP contribution >= 0.6 is 23.2 Å². The predicted molar refractivity (Wildman–Crippen MR) is 97.3 cm³/mol. The Hall–Kier alpha value is -1.27. The molecule has 0 atom stereocenters. The molecular formula is C17H19Cl2NO3S. The minimum atomic E-state index is -3.64. The van der Waals surface area contributed by atoms with Crippen LogP contribution in [-0.4, -0.2) is 15.0 Å². The minimum Gasteiger partial charge on any atom is -0.494 e. The van der Waals surface area contributed by atoms with Gasteiger partial charge in [0.05, 0.1) is 21.5 Å². The largest absolute Gasteiger partial charge is 0.494 e. The highest BCUT2D eigenvalue weighted by Gasteiger charge is 2.15. The lowest BCUT2D eigenvalue weighted by Gasteiger charge is -2.10. The molecule has 0 aliphatic heterocycles. The lowest BCUT2D eigenvalue weighted by atomic mass is 10.2. The SMILES string of the molecule is CCCCOc1ccc(S(=O)(=O)NCc2cccc(Cl)c2Cl)cc1. The first-order valence-corrected chi connectivity index (χ1v) is 9.83. The van der Waals surface area contributed by atoms with E-state index in [1.54, 1.807) is 30.3 Å². The molecule has 1 N–H and O–H groups in total. The fourth-order valence-electron chi connectivity index (χ4n) is 1.99. The summed E-state index contributed by atoms with van der Waals surface area (Å²) in [6, 6.07) is 11.4. The minimum absolute atomic E-state index is 0.0660. The fraction of sp³-hybridized carbons (Fsp3) is 0.294. The van der Waals surface area contributed by atoms with Crippen molar-refractivity contribution in [1.29, 1.82) is 0 Å². The Bertz CT molecular complexity index is 777. The van der Waals surface area contributed by atoms with Crippen molar-refractivity contribution in [1.82, 2.24) is 4.72 Å². The van der Waals surface area contributed by atoms with E-state index in [1.807, 2.05) is 0 Å². The number of hydrogen-bond acceptors (Lipinski definition) is 3. The van der Waals surface area contributed by atoms with Gasteiger partial charge in [0.2, 0.25) is 10.0 Å². The highest BCUT2D eigenvalue weighted by Crippen LogP contribution is 2.25. The van der Waals surface area contributed by atoms with Gasteiger partial charge in [-0.2, -0.15) is 0 Å². The van der Waals surface area contributed by atoms with Crippen LogP contribution in [0, 0.1) is 0 Å². The molecule has 7 heteroatoms. The molecule has 0 unspecified atom stereocenters. The zero-order valence-electron chi connectivity index (χ0n) is 13.3. The fourth-order valence-corrected chi connectivity index (χ4v) is 3.38. The summed E-state index contributed by atoms with van der Waals surface area (Å²) >= 11 is 12.0. The number of rotatable bonds is 8. The Morgan fingerprint density at radius 3 is 2.46 bits per heavy atom. The van der Waals surface area contributed by atoms with Crippen LogP contribution in [-0.2, 0) is 16.6 Å². The van der Waals surface area contributed by atoms with Gasteiger partial charge in [-0.25, -0.2) is 13.1 Å². The van der Waals surface area contributed by atoms with E-state index in [0.717, 1.165) is 12.8 Å². The summed E-state index contributed by atoms with van der Waals surface area (Å²) in [5.74, 6) is 0.653. The molecule has 0 amide bonds. The quantitative estimate of drug-likeness (QED) is 0.670. The second-order valence-corrected chi connectivity index (χ2v) is 7.76. The van der Waals surface area contributed by atoms with Crippen LogP contribution in [0.1, 0.15) is 25.3 Å². The Morgan fingerprint density at radius 1 is 1.08 bits per heavy atom. The molecule has 0 bridgehead atoms. The highest BCUT2D eigenvalue weighted by atomic mass is 35.5. The van der Waals surface area contributed by atoms with Gasteiger partial charge in [-0.3, -0.25) is 0 Å². The molecule has 0 aliphatic rings. The number of ether oxygens (including phenoxy) is 1. The van der Waals surface area contributed by atoms with Gasteiger partial charge in [-0.1, -0.05) is 48.7 Å². The summed E-state index contributed by atoms with van der Waals surface area (Å²) in [6.45, 7) is 2.77. The Morgan fingerprint density at radius 2 is 1.79 bits per heavy atom. The first-order chi connectivity index (χ1) is 11.4. The van der Waals surface area contributed by atoms with E-state index in [9.17, 15) is 8.42 Å². The highest BCUT2D eigenvalue weighted by molar-refractivity contribution is 7.89. The maximum absolute atomic E-state index is 12.3. The van der Waals surface area contributed by atoms with Gasteiger partial charge in [0.1, 0.15) is 5.75 Å². The van der Waals surface area contributed by atoms with Crippen LogP contribution in [0.5, 0.6) is 5.75 Å². The van der Waals surface area contributed by atoms with Crippen molar-refractivity contribution in [2.45, 2.75) is 31.2 Å². The average molecular weight is 388 g/mol. The van der Waals surface area contributed by atoms with Crippen molar-refractivity contribution in [3.8, 4) is 5.75 Å². The van der Waals surface area contributed by atoms with Crippen molar-refractivity contribution in [2.75, 3.05) is 6.61 Å². The number of nitrogens with one attached hydrogen (secondary N) is 1. The normalized spacial score (nSPS) is 11.5. The zero-order chi connectivity index (χ0) is 17.6. The lowest BCUT2D eigenvalue weighted by Crippen LogP contribution is -2.23. The molecule has 2 aromatic carbocycles. The van der Waals surface area contributed by atoms with Crippen LogP contribution in [0.2, 0.25) is 10.0 Å². The van der Waals surface area contributed by atoms with Crippen LogP contribution < -0.4 is 9.46 Å². The van der Waals surface area contributed by atoms with Crippen LogP contribution in [0.3, 0.4) is 0 Å². The van der Waals surface area contributed by atoms with E-state index in [0.29, 0.717) is 28.0 Å². The third-order valence-corrected chi connectivity index (χ3v) is 5.66. The first-order valence-electron chi connectivity index (χ1n) is 7.59. The monoisotopic (exact) mass is 387 g/mol. The van der Waals surface area contributed by atoms with Crippen molar-refractivity contribution in [3.05, 3.63) is 58.1 Å². The maximum atomic E-state index is 12.3. The number of halogens is 2. The third kappa shape index (κ3) is 5.11. The molecule has 0 heterocycles. The molecule has 0 spiro atoms. The first kappa shape index (κ1) is 19.1. The number of sulfonamides is 1. The summed E-state index contributed by atoms with van der Waals surface area (Å²) < 4.78 is 32.7. The summed E-state index contributed by atoms with van der Waals surface area (Å²) in [5, 5.41) is 0.739. The Balaban J connectivity index is 2.03. The van der Waals surface area contributed by atoms with Gasteiger partial charge < -0.3 is 4.74 Å². The predicted octanol–water partition coefficient (Wildman–Crippen LogP) is 4.65. The topological polar surface area (TPSA) is 55.4 Å². The Kier molecular flexibility index (Phi) is 6.92. The van der Waals surface area contributed by atoms with E-state index in [2.05, 4.69) is 11.6 Å². The van der Waals surface area contributed by atoms with Gasteiger partial charge in [0.25, 0.3) is 0 Å². The van der Waals surface area contributed by atoms with Gasteiger partial charge in [0, 0.05) is 6.54 Å². The summed E-state index contributed by atoms with van der Waals surface area (Å²) in [4.78, 5) is 0.170. The summed E-state index contributed by atoms with van der Waals surface area (Å²) in [7, 11) is -3.64. The van der Waals surface area contributed by atoms with Crippen LogP contribution in [0.15, 0.2) is 47.4 Å². The van der Waals surface area contributed by atoms with E-state index < -0.39 is 10.0 Å². The molecule has 0 aromatic heterocycles. The van der Waals surface area contributed by atoms with Crippen molar-refractivity contribution in [3.63, 3.8) is 0 Å². The number of benzene rings is 2. The molecule has 0 radical (unpaired) electrons. The summed E-state index contributed by atoms with van der Waals surface area (Å²) in [6.07, 6.45) is 2.00. The summed E-state index contributed by atoms with van der Waals surface area (Å²) in [5.41, 5.74) is 0.618. The standard InChI is InChI=1S/C17H19Cl2NO3S/c1-2-3-11-23-14-7-9-15(10-8-14)24(21,22)20-12-13-5-4-6-16(18)17(13)19/h4-10,20H,2-3,11-12H2,1H3. The molecular weight excluding hydrogens is 369 g/mol. The average Bonchev–Trinajstić information content (AvgIpc) is 2.57. The van der Waals surface area contributed by atoms with Crippen molar-refractivity contribution in [2.24, 2.45) is 0 Å². The number of unbranched alkanes of at least 4 members (excludes halogenated alkanes) is 1. The second kappa shape index (κ2) is 8.72. The smallest absolute Gasteiger partial charge is 0.240 e. The van der Waals surface area contributed by atoms with E-state index >= 15 is 0 Å². The second-order valence-electron chi connectivity index (χ2n) is 5.21. The van der Waals surface area contributed by atoms with Gasteiger partial charge >= 0.3 is 0 Å². The Labute approximate surface area is 152 Å². The van der Waals surface area contributed by atoms with Crippen LogP contribution in [0.4, 0.5) is 0 Å². The molecule has 24 heavy (non-hydrogen) atoms. The van der Waals surface area contributed by atoms with Gasteiger partial charge in [-0.15, -0.1) is 0 Å². The van der Waals surface area contributed by atoms with Gasteiger partial charge in [0.15, 0.2) is 0 Å². The molecule has 4 nitrogen and oxygen atoms in total. The molecule has 130 valence electrons. The third-order valence-electron chi connectivity index (χ3n) is 3.38. The van der Waals surface area contributed by atoms with E-state index in [4.69, 9.17) is 27.9 Å². The van der Waals surface area contributed by atoms with E-state index in [-0.39, 0.29) is 11.4 Å². The lowest BCUT2D eigenvalue weighted by molar-refractivity contribution is 0.309. The number of hydrogen-bond donors (Lipinski definition) is 1. The molecule has 0 fully saturated rings. The molecule has 0 aliphatic carbocycles. The van der Waals surface area contributed by atoms with Crippen molar-refractivity contribution >= 4 is 33.2 Å². The van der Waals surface area contributed by atoms with Crippen molar-refractivity contribution < 1.29 is 13.2 Å². The molecule has 0 saturated heterocycles. The van der Waals surface area contributed by atoms with E-state index in [1.165, 1.54) is 12.1 Å². The van der Waals surface area contributed by atoms with Crippen LogP contribution in [0.25, 0.3) is 0 Å². The molecule has 2 aromatic rings. The zero-order valence-corrected chi connectivity index (χ0v) is 15.6. The maximum Gasteiger partial charge on any atom is 0.240 e. The molecule has 2 rings (SSSR count).